The number of likely N-dealkylation sites (tertiary alicyclic amines) is 1. The summed E-state index contributed by atoms with van der Waals surface area (Å²) in [5, 5.41) is 0. The summed E-state index contributed by atoms with van der Waals surface area (Å²) in [5.41, 5.74) is -2.42. The van der Waals surface area contributed by atoms with E-state index in [1.54, 1.807) is 0 Å². The van der Waals surface area contributed by atoms with Gasteiger partial charge in [-0.2, -0.15) is 0 Å². The molecule has 0 bridgehead atoms. The Balaban J connectivity index is 2.99. The normalized spacial score (nSPS) is 42.3. The monoisotopic (exact) mass is 352 g/mol. The first-order chi connectivity index (χ1) is 14.0. The molecule has 1 unspecified atom stereocenters. The molecule has 2 heterocycles. The van der Waals surface area contributed by atoms with Crippen molar-refractivity contribution in [1.82, 2.24) is 9.88 Å². The second-order valence-electron chi connectivity index (χ2n) is 4.80. The number of ether oxygens (including phenoxy) is 1. The number of halogens is 1. The summed E-state index contributed by atoms with van der Waals surface area (Å²) in [5.74, 6) is -3.59. The first-order valence-corrected chi connectivity index (χ1v) is 6.46. The number of carbonyl (C=O) groups excluding carboxylic acids is 1. The smallest absolute Gasteiger partial charge is 0.410 e. The second kappa shape index (κ2) is 6.12. The number of hydrogen-bond acceptors (Lipinski definition) is 3. The Morgan fingerprint density at radius 3 is 3.10 bits per heavy atom. The van der Waals surface area contributed by atoms with Crippen LogP contribution in [0, 0.1) is 0 Å². The molecule has 0 saturated carbocycles. The predicted molar refractivity (Wildman–Crippen MR) is 81.7 cm³/mol. The number of amides is 1. The summed E-state index contributed by atoms with van der Waals surface area (Å²) in [6, 6.07) is -1.73. The molecular weight excluding hydrogens is 320 g/mol. The average molecular weight is 353 g/mol. The Morgan fingerprint density at radius 1 is 1.65 bits per heavy atom. The summed E-state index contributed by atoms with van der Waals surface area (Å²) < 4.78 is 104. The first-order valence-electron chi connectivity index (χ1n) is 11.7. The average Bonchev–Trinajstić information content (AvgIpc) is 2.58. The molecule has 0 N–H and O–H groups in total. The maximum Gasteiger partial charge on any atom is 0.410 e. The molecule has 1 atom stereocenters. The van der Waals surface area contributed by atoms with Gasteiger partial charge in [-0.3, -0.25) is 4.98 Å². The third kappa shape index (κ3) is 4.20. The Morgan fingerprint density at radius 2 is 2.40 bits per heavy atom. The molecule has 1 aliphatic rings. The third-order valence-corrected chi connectivity index (χ3v) is 2.32. The van der Waals surface area contributed by atoms with Crippen LogP contribution in [0.2, 0.25) is 0 Å². The van der Waals surface area contributed by atoms with Gasteiger partial charge in [-0.15, -0.1) is 0 Å². The molecule has 0 aromatic carbocycles. The summed E-state index contributed by atoms with van der Waals surface area (Å²) in [4.78, 5) is 16.1. The topological polar surface area (TPSA) is 42.4 Å². The zero-order chi connectivity index (χ0) is 25.5. The number of rotatable bonds is 1. The molecule has 1 aliphatic heterocycles. The van der Waals surface area contributed by atoms with Gasteiger partial charge in [0.15, 0.2) is 0 Å². The van der Waals surface area contributed by atoms with E-state index in [9.17, 15) is 4.79 Å². The molecule has 0 radical (unpaired) electrons. The molecule has 110 valence electrons. The zero-order valence-corrected chi connectivity index (χ0v) is 12.7. The van der Waals surface area contributed by atoms with Crippen molar-refractivity contribution in [1.29, 1.82) is 0 Å². The highest BCUT2D eigenvalue weighted by atomic mass is 79.9. The van der Waals surface area contributed by atoms with Gasteiger partial charge in [-0.1, -0.05) is 0 Å². The highest BCUT2D eigenvalue weighted by Gasteiger charge is 2.28. The van der Waals surface area contributed by atoms with Gasteiger partial charge in [0.25, 0.3) is 0 Å². The van der Waals surface area contributed by atoms with Crippen LogP contribution in [0.5, 0.6) is 0 Å². The van der Waals surface area contributed by atoms with E-state index in [1.807, 2.05) is 0 Å². The third-order valence-electron chi connectivity index (χ3n) is 1.95. The fourth-order valence-electron chi connectivity index (χ4n) is 1.22. The molecule has 20 heavy (non-hydrogen) atoms. The van der Waals surface area contributed by atoms with Gasteiger partial charge in [0.1, 0.15) is 5.60 Å². The molecule has 1 aromatic heterocycles. The molecule has 5 heteroatoms. The largest absolute Gasteiger partial charge is 0.444 e. The van der Waals surface area contributed by atoms with E-state index in [0.29, 0.717) is 0 Å². The van der Waals surface area contributed by atoms with E-state index in [1.165, 1.54) is 20.8 Å². The van der Waals surface area contributed by atoms with Gasteiger partial charge < -0.3 is 9.64 Å². The maximum absolute atomic E-state index is 12.8. The standard InChI is InChI=1S/C15H21BrN2O2/c1-15(2,3)20-14(19)18-8-4-5-11(10-18)13-7-6-12(16)9-17-13/h6-7,9,11H,4-5,8,10H2,1-3H3/i4D2,5D2,6D,7D,8D2,9D,10D2,11D. The van der Waals surface area contributed by atoms with Crippen LogP contribution < -0.4 is 0 Å². The minimum atomic E-state index is -3.75. The summed E-state index contributed by atoms with van der Waals surface area (Å²) >= 11 is 2.85. The number of pyridine rings is 1. The molecule has 0 aliphatic carbocycles. The van der Waals surface area contributed by atoms with E-state index >= 15 is 0 Å². The van der Waals surface area contributed by atoms with Crippen LogP contribution in [0.4, 0.5) is 4.79 Å². The summed E-state index contributed by atoms with van der Waals surface area (Å²) in [6.07, 6.45) is -9.93. The summed E-state index contributed by atoms with van der Waals surface area (Å²) in [6.45, 7) is -3.18. The van der Waals surface area contributed by atoms with Crippen LogP contribution in [0.3, 0.4) is 0 Å². The van der Waals surface area contributed by atoms with E-state index < -0.39 is 67.3 Å². The zero-order valence-electron chi connectivity index (χ0n) is 23.1. The summed E-state index contributed by atoms with van der Waals surface area (Å²) in [7, 11) is 0. The van der Waals surface area contributed by atoms with Gasteiger partial charge in [-0.25, -0.2) is 4.79 Å². The lowest BCUT2D eigenvalue weighted by atomic mass is 9.94. The first kappa shape index (κ1) is 5.95. The quantitative estimate of drug-likeness (QED) is 0.768. The van der Waals surface area contributed by atoms with Crippen molar-refractivity contribution in [3.63, 3.8) is 0 Å². The van der Waals surface area contributed by atoms with E-state index in [2.05, 4.69) is 20.9 Å². The Bertz CT molecular complexity index is 965. The Hall–Kier alpha value is -1.10. The molecule has 1 amide bonds. The SMILES string of the molecule is [2H]c1nc(C2([2H])C([2H])([2H])N(C(=O)OC(C)(C)C)C([2H])([2H])C([2H])([2H])C2([2H])[2H])c([2H])c([2H])c1Br. The predicted octanol–water partition coefficient (Wildman–Crippen LogP) is 3.96. The van der Waals surface area contributed by atoms with Crippen molar-refractivity contribution in [2.45, 2.75) is 45.0 Å². The van der Waals surface area contributed by atoms with Gasteiger partial charge in [0.05, 0.1) is 6.85 Å². The maximum atomic E-state index is 12.8. The van der Waals surface area contributed by atoms with Crippen LogP contribution in [0.15, 0.2) is 22.7 Å². The van der Waals surface area contributed by atoms with Crippen LogP contribution in [0.25, 0.3) is 0 Å². The number of nitrogens with zero attached hydrogens (tertiary/aromatic N) is 2. The Labute approximate surface area is 145 Å². The van der Waals surface area contributed by atoms with Crippen molar-refractivity contribution in [2.75, 3.05) is 13.0 Å². The number of piperidine rings is 1. The number of aromatic nitrogens is 1. The number of hydrogen-bond donors (Lipinski definition) is 0. The van der Waals surface area contributed by atoms with Gasteiger partial charge >= 0.3 is 6.09 Å². The van der Waals surface area contributed by atoms with Crippen molar-refractivity contribution in [3.8, 4) is 0 Å². The highest BCUT2D eigenvalue weighted by molar-refractivity contribution is 9.10. The minimum absolute atomic E-state index is 0.297. The van der Waals surface area contributed by atoms with E-state index in [0.717, 1.165) is 0 Å². The molecule has 0 spiro atoms. The molecular formula is C15H21BrN2O2. The van der Waals surface area contributed by atoms with Crippen molar-refractivity contribution in [2.24, 2.45) is 0 Å². The van der Waals surface area contributed by atoms with Crippen molar-refractivity contribution >= 4 is 22.0 Å². The lowest BCUT2D eigenvalue weighted by Gasteiger charge is -2.33. The van der Waals surface area contributed by atoms with Crippen LogP contribution in [-0.4, -0.2) is 34.6 Å². The molecule has 1 aromatic rings. The van der Waals surface area contributed by atoms with Crippen LogP contribution >= 0.6 is 15.9 Å². The molecule has 1 saturated heterocycles. The fourth-order valence-corrected chi connectivity index (χ4v) is 1.41. The molecule has 1 fully saturated rings. The highest BCUT2D eigenvalue weighted by Crippen LogP contribution is 2.27. The lowest BCUT2D eigenvalue weighted by Crippen LogP contribution is -2.42. The van der Waals surface area contributed by atoms with Crippen molar-refractivity contribution in [3.05, 3.63) is 28.4 Å². The van der Waals surface area contributed by atoms with Gasteiger partial charge in [0.2, 0.25) is 0 Å². The minimum Gasteiger partial charge on any atom is -0.444 e. The lowest BCUT2D eigenvalue weighted by molar-refractivity contribution is 0.0197. The van der Waals surface area contributed by atoms with Gasteiger partial charge in [0, 0.05) is 44.8 Å². The second-order valence-corrected chi connectivity index (χ2v) is 5.59. The van der Waals surface area contributed by atoms with Gasteiger partial charge in [-0.05, 0) is 61.5 Å². The van der Waals surface area contributed by atoms with Crippen molar-refractivity contribution < 1.29 is 26.0 Å². The molecule has 4 nitrogen and oxygen atoms in total. The van der Waals surface area contributed by atoms with Crippen LogP contribution in [-0.2, 0) is 4.74 Å². The Kier molecular flexibility index (Phi) is 1.82. The van der Waals surface area contributed by atoms with E-state index in [4.69, 9.17) is 21.2 Å². The van der Waals surface area contributed by atoms with E-state index in [-0.39, 0.29) is 9.37 Å². The van der Waals surface area contributed by atoms with Crippen LogP contribution in [0.1, 0.15) is 61.6 Å². The molecule has 2 rings (SSSR count). The number of carbonyl (C=O) groups is 1. The fraction of sp³-hybridized carbons (Fsp3) is 0.600.